The van der Waals surface area contributed by atoms with Crippen LogP contribution in [0.5, 0.6) is 0 Å². The Morgan fingerprint density at radius 3 is 2.29 bits per heavy atom. The van der Waals surface area contributed by atoms with Crippen LogP contribution in [0.25, 0.3) is 11.3 Å². The molecule has 24 heavy (non-hydrogen) atoms. The number of nitrogens with zero attached hydrogens (tertiary/aromatic N) is 1. The van der Waals surface area contributed by atoms with Crippen LogP contribution in [0, 0.1) is 11.6 Å². The molecule has 1 unspecified atom stereocenters. The fraction of sp³-hybridized carbons (Fsp3) is 0.0556. The summed E-state index contributed by atoms with van der Waals surface area (Å²) in [5, 5.41) is 10.5. The number of benzene rings is 2. The predicted octanol–water partition coefficient (Wildman–Crippen LogP) is 5.63. The van der Waals surface area contributed by atoms with E-state index in [1.165, 1.54) is 12.3 Å². The summed E-state index contributed by atoms with van der Waals surface area (Å²) in [5.41, 5.74) is 0.481. The molecule has 0 amide bonds. The molecule has 0 aliphatic rings. The molecule has 1 N–H and O–H groups in total. The molecule has 1 aromatic heterocycles. The number of pyridine rings is 1. The molecule has 3 aromatic rings. The van der Waals surface area contributed by atoms with Crippen molar-refractivity contribution in [2.45, 2.75) is 6.10 Å². The van der Waals surface area contributed by atoms with Crippen molar-refractivity contribution in [1.29, 1.82) is 0 Å². The van der Waals surface area contributed by atoms with E-state index in [1.54, 1.807) is 36.4 Å². The topological polar surface area (TPSA) is 33.1 Å². The highest BCUT2D eigenvalue weighted by Crippen LogP contribution is 2.34. The second-order valence-electron chi connectivity index (χ2n) is 5.14. The van der Waals surface area contributed by atoms with Gasteiger partial charge in [0, 0.05) is 20.7 Å². The zero-order valence-corrected chi connectivity index (χ0v) is 15.4. The highest BCUT2D eigenvalue weighted by atomic mass is 79.9. The van der Waals surface area contributed by atoms with Crippen LogP contribution in [0.2, 0.25) is 0 Å². The Balaban J connectivity index is 2.13. The number of aliphatic hydroxyl groups is 1. The third-order valence-corrected chi connectivity index (χ3v) is 4.46. The van der Waals surface area contributed by atoms with E-state index >= 15 is 0 Å². The first-order chi connectivity index (χ1) is 11.5. The Labute approximate surface area is 154 Å². The molecular weight excluding hydrogens is 444 g/mol. The number of aliphatic hydroxyl groups excluding tert-OH is 1. The minimum absolute atomic E-state index is 0.139. The fourth-order valence-corrected chi connectivity index (χ4v) is 3.77. The molecule has 0 aliphatic heterocycles. The number of hydrogen-bond acceptors (Lipinski definition) is 2. The average Bonchev–Trinajstić information content (AvgIpc) is 2.54. The zero-order valence-electron chi connectivity index (χ0n) is 12.2. The van der Waals surface area contributed by atoms with Crippen molar-refractivity contribution in [1.82, 2.24) is 4.98 Å². The van der Waals surface area contributed by atoms with Gasteiger partial charge in [0.15, 0.2) is 0 Å². The Bertz CT molecular complexity index is 867. The van der Waals surface area contributed by atoms with Crippen molar-refractivity contribution in [3.05, 3.63) is 86.4 Å². The van der Waals surface area contributed by atoms with E-state index in [0.29, 0.717) is 20.2 Å². The van der Waals surface area contributed by atoms with Crippen LogP contribution in [0.1, 0.15) is 17.2 Å². The molecule has 0 saturated heterocycles. The first kappa shape index (κ1) is 17.2. The number of rotatable bonds is 3. The molecule has 0 saturated carbocycles. The molecule has 0 fully saturated rings. The molecule has 6 heteroatoms. The molecule has 0 spiro atoms. The van der Waals surface area contributed by atoms with E-state index in [0.717, 1.165) is 6.07 Å². The first-order valence-electron chi connectivity index (χ1n) is 7.00. The van der Waals surface area contributed by atoms with Crippen LogP contribution in [-0.2, 0) is 0 Å². The molecule has 0 radical (unpaired) electrons. The highest BCUT2D eigenvalue weighted by molar-refractivity contribution is 9.11. The van der Waals surface area contributed by atoms with Gasteiger partial charge in [0.05, 0.1) is 11.3 Å². The summed E-state index contributed by atoms with van der Waals surface area (Å²) in [4.78, 5) is 4.08. The Morgan fingerprint density at radius 1 is 0.958 bits per heavy atom. The molecule has 122 valence electrons. The van der Waals surface area contributed by atoms with Gasteiger partial charge in [-0.3, -0.25) is 4.98 Å². The van der Waals surface area contributed by atoms with Crippen molar-refractivity contribution in [2.24, 2.45) is 0 Å². The third-order valence-electron chi connectivity index (χ3n) is 3.54. The van der Waals surface area contributed by atoms with E-state index < -0.39 is 23.3 Å². The zero-order chi connectivity index (χ0) is 17.3. The maximum Gasteiger partial charge on any atom is 0.141 e. The lowest BCUT2D eigenvalue weighted by molar-refractivity contribution is 0.209. The van der Waals surface area contributed by atoms with Gasteiger partial charge in [0.2, 0.25) is 0 Å². The average molecular weight is 455 g/mol. The monoisotopic (exact) mass is 453 g/mol. The van der Waals surface area contributed by atoms with Crippen molar-refractivity contribution >= 4 is 31.9 Å². The van der Waals surface area contributed by atoms with Gasteiger partial charge in [0.25, 0.3) is 0 Å². The molecule has 2 nitrogen and oxygen atoms in total. The minimum Gasteiger partial charge on any atom is -0.383 e. The van der Waals surface area contributed by atoms with Crippen LogP contribution in [0.4, 0.5) is 8.78 Å². The summed E-state index contributed by atoms with van der Waals surface area (Å²) >= 11 is 6.61. The molecule has 2 aromatic carbocycles. The van der Waals surface area contributed by atoms with E-state index in [9.17, 15) is 13.9 Å². The summed E-state index contributed by atoms with van der Waals surface area (Å²) in [6, 6.07) is 12.5. The van der Waals surface area contributed by atoms with E-state index in [4.69, 9.17) is 0 Å². The van der Waals surface area contributed by atoms with Gasteiger partial charge in [-0.15, -0.1) is 0 Å². The van der Waals surface area contributed by atoms with Crippen LogP contribution < -0.4 is 0 Å². The lowest BCUT2D eigenvalue weighted by Gasteiger charge is -2.16. The molecule has 0 bridgehead atoms. The van der Waals surface area contributed by atoms with Gasteiger partial charge in [-0.25, -0.2) is 8.78 Å². The standard InChI is InChI=1S/C18H11Br2F2NO/c19-11-7-10(8-12(20)9-11)18(24)16-14(21)5-4-13(17(16)22)15-3-1-2-6-23-15/h1-9,18,24H. The van der Waals surface area contributed by atoms with Gasteiger partial charge in [0.1, 0.15) is 17.7 Å². The Kier molecular flexibility index (Phi) is 5.08. The van der Waals surface area contributed by atoms with E-state index in [2.05, 4.69) is 36.8 Å². The maximum atomic E-state index is 14.9. The molecular formula is C18H11Br2F2NO. The lowest BCUT2D eigenvalue weighted by Crippen LogP contribution is -2.07. The van der Waals surface area contributed by atoms with Crippen molar-refractivity contribution < 1.29 is 13.9 Å². The van der Waals surface area contributed by atoms with Crippen LogP contribution >= 0.6 is 31.9 Å². The molecule has 1 heterocycles. The van der Waals surface area contributed by atoms with Gasteiger partial charge in [-0.2, -0.15) is 0 Å². The van der Waals surface area contributed by atoms with Gasteiger partial charge in [-0.05, 0) is 48.0 Å². The largest absolute Gasteiger partial charge is 0.383 e. The van der Waals surface area contributed by atoms with Crippen molar-refractivity contribution in [2.75, 3.05) is 0 Å². The Morgan fingerprint density at radius 2 is 1.67 bits per heavy atom. The normalized spacial score (nSPS) is 12.2. The summed E-state index contributed by atoms with van der Waals surface area (Å²) in [5.74, 6) is -1.63. The van der Waals surface area contributed by atoms with Gasteiger partial charge in [-0.1, -0.05) is 37.9 Å². The smallest absolute Gasteiger partial charge is 0.141 e. The van der Waals surface area contributed by atoms with Gasteiger partial charge < -0.3 is 5.11 Å². The Hall–Kier alpha value is -1.63. The fourth-order valence-electron chi connectivity index (χ4n) is 2.44. The second kappa shape index (κ2) is 7.09. The van der Waals surface area contributed by atoms with Crippen molar-refractivity contribution in [3.63, 3.8) is 0 Å². The highest BCUT2D eigenvalue weighted by Gasteiger charge is 2.23. The predicted molar refractivity (Wildman–Crippen MR) is 95.5 cm³/mol. The van der Waals surface area contributed by atoms with E-state index in [1.807, 2.05) is 0 Å². The first-order valence-corrected chi connectivity index (χ1v) is 8.59. The summed E-state index contributed by atoms with van der Waals surface area (Å²) in [7, 11) is 0. The molecule has 0 aliphatic carbocycles. The quantitative estimate of drug-likeness (QED) is 0.556. The number of aromatic nitrogens is 1. The number of halogens is 4. The summed E-state index contributed by atoms with van der Waals surface area (Å²) in [6.45, 7) is 0. The molecule has 3 rings (SSSR count). The third kappa shape index (κ3) is 3.41. The lowest BCUT2D eigenvalue weighted by atomic mass is 9.97. The maximum absolute atomic E-state index is 14.9. The van der Waals surface area contributed by atoms with Crippen LogP contribution in [0.3, 0.4) is 0 Å². The van der Waals surface area contributed by atoms with Crippen molar-refractivity contribution in [3.8, 4) is 11.3 Å². The minimum atomic E-state index is -1.44. The SMILES string of the molecule is OC(c1cc(Br)cc(Br)c1)c1c(F)ccc(-c2ccccn2)c1F. The second-order valence-corrected chi connectivity index (χ2v) is 6.97. The van der Waals surface area contributed by atoms with Gasteiger partial charge >= 0.3 is 0 Å². The van der Waals surface area contributed by atoms with Crippen LogP contribution in [0.15, 0.2) is 63.7 Å². The summed E-state index contributed by atoms with van der Waals surface area (Å²) in [6.07, 6.45) is 0.0853. The van der Waals surface area contributed by atoms with Crippen LogP contribution in [-0.4, -0.2) is 10.1 Å². The molecule has 1 atom stereocenters. The summed E-state index contributed by atoms with van der Waals surface area (Å²) < 4.78 is 30.5. The van der Waals surface area contributed by atoms with E-state index in [-0.39, 0.29) is 5.56 Å². The number of hydrogen-bond donors (Lipinski definition) is 1.